The van der Waals surface area contributed by atoms with Crippen molar-refractivity contribution in [2.75, 3.05) is 25.6 Å². The molecule has 0 unspecified atom stereocenters. The molecular formula is C20H23ClN4O3. The first-order valence-corrected chi connectivity index (χ1v) is 9.56. The summed E-state index contributed by atoms with van der Waals surface area (Å²) in [5, 5.41) is 3.41. The average molecular weight is 403 g/mol. The van der Waals surface area contributed by atoms with Gasteiger partial charge in [0.25, 0.3) is 5.91 Å². The van der Waals surface area contributed by atoms with Crippen molar-refractivity contribution in [2.45, 2.75) is 32.2 Å². The number of aryl methyl sites for hydroxylation is 1. The molecule has 148 valence electrons. The minimum Gasteiger partial charge on any atom is -0.375 e. The fourth-order valence-electron chi connectivity index (χ4n) is 3.31. The van der Waals surface area contributed by atoms with E-state index in [1.807, 2.05) is 0 Å². The van der Waals surface area contributed by atoms with E-state index in [0.29, 0.717) is 34.3 Å². The Hall–Kier alpha value is -2.51. The van der Waals surface area contributed by atoms with Crippen LogP contribution in [0.4, 0.5) is 5.69 Å². The largest absolute Gasteiger partial charge is 0.375 e. The van der Waals surface area contributed by atoms with Crippen LogP contribution in [0.1, 0.15) is 47.2 Å². The number of hydrogen-bond donors (Lipinski definition) is 1. The first-order valence-electron chi connectivity index (χ1n) is 9.18. The molecular weight excluding hydrogens is 380 g/mol. The van der Waals surface area contributed by atoms with Gasteiger partial charge in [-0.05, 0) is 50.5 Å². The maximum Gasteiger partial charge on any atom is 0.259 e. The van der Waals surface area contributed by atoms with Crippen LogP contribution in [-0.4, -0.2) is 46.9 Å². The number of anilines is 1. The number of likely N-dealkylation sites (tertiary alicyclic amines) is 1. The first kappa shape index (κ1) is 20.2. The topological polar surface area (TPSA) is 84.4 Å². The van der Waals surface area contributed by atoms with Crippen LogP contribution in [0, 0.1) is 6.92 Å². The number of rotatable bonds is 5. The standard InChI is InChI=1S/C20H23ClN4O3/c1-13-16(20(27)24-15-8-6-14(21)7-9-15)11-22-19(23-13)17-5-3-4-10-25(17)18(26)12-28-2/h6-9,11,17H,3-5,10,12H2,1-2H3,(H,24,27)/t17-/m0/s1. The Morgan fingerprint density at radius 1 is 1.29 bits per heavy atom. The molecule has 0 saturated carbocycles. The van der Waals surface area contributed by atoms with Gasteiger partial charge in [0.15, 0.2) is 5.82 Å². The SMILES string of the molecule is COCC(=O)N1CCCC[C@H]1c1ncc(C(=O)Nc2ccc(Cl)cc2)c(C)n1. The third-order valence-electron chi connectivity index (χ3n) is 4.73. The smallest absolute Gasteiger partial charge is 0.259 e. The van der Waals surface area contributed by atoms with E-state index in [4.69, 9.17) is 16.3 Å². The Morgan fingerprint density at radius 2 is 2.04 bits per heavy atom. The van der Waals surface area contributed by atoms with Gasteiger partial charge in [-0.2, -0.15) is 0 Å². The molecule has 8 heteroatoms. The van der Waals surface area contributed by atoms with Gasteiger partial charge >= 0.3 is 0 Å². The molecule has 0 bridgehead atoms. The first-order chi connectivity index (χ1) is 13.5. The summed E-state index contributed by atoms with van der Waals surface area (Å²) in [7, 11) is 1.51. The fourth-order valence-corrected chi connectivity index (χ4v) is 3.43. The Morgan fingerprint density at radius 3 is 2.71 bits per heavy atom. The maximum atomic E-state index is 12.6. The molecule has 1 aliphatic heterocycles. The predicted octanol–water partition coefficient (Wildman–Crippen LogP) is 3.39. The molecule has 3 rings (SSSR count). The molecule has 0 aliphatic carbocycles. The molecule has 1 N–H and O–H groups in total. The maximum absolute atomic E-state index is 12.6. The van der Waals surface area contributed by atoms with Crippen LogP contribution in [0.5, 0.6) is 0 Å². The molecule has 7 nitrogen and oxygen atoms in total. The summed E-state index contributed by atoms with van der Waals surface area (Å²) in [6.07, 6.45) is 4.27. The van der Waals surface area contributed by atoms with Crippen LogP contribution in [0.15, 0.2) is 30.5 Å². The molecule has 1 fully saturated rings. The number of piperidine rings is 1. The van der Waals surface area contributed by atoms with Crippen LogP contribution in [0.2, 0.25) is 5.02 Å². The average Bonchev–Trinajstić information content (AvgIpc) is 2.69. The van der Waals surface area contributed by atoms with E-state index in [1.54, 1.807) is 36.1 Å². The number of carbonyl (C=O) groups is 2. The lowest BCUT2D eigenvalue weighted by molar-refractivity contribution is -0.139. The van der Waals surface area contributed by atoms with Crippen molar-refractivity contribution >= 4 is 29.1 Å². The molecule has 1 aromatic heterocycles. The van der Waals surface area contributed by atoms with Crippen molar-refractivity contribution in [1.29, 1.82) is 0 Å². The van der Waals surface area contributed by atoms with E-state index >= 15 is 0 Å². The predicted molar refractivity (Wildman–Crippen MR) is 106 cm³/mol. The second-order valence-electron chi connectivity index (χ2n) is 6.72. The van der Waals surface area contributed by atoms with E-state index in [2.05, 4.69) is 15.3 Å². The molecule has 1 aliphatic rings. The number of benzene rings is 1. The Labute approximate surface area is 169 Å². The number of aromatic nitrogens is 2. The van der Waals surface area contributed by atoms with Crippen LogP contribution < -0.4 is 5.32 Å². The zero-order chi connectivity index (χ0) is 20.1. The highest BCUT2D eigenvalue weighted by molar-refractivity contribution is 6.30. The normalized spacial score (nSPS) is 16.7. The van der Waals surface area contributed by atoms with E-state index < -0.39 is 0 Å². The third-order valence-corrected chi connectivity index (χ3v) is 4.99. The number of ether oxygens (including phenoxy) is 1. The molecule has 1 atom stereocenters. The Balaban J connectivity index is 1.78. The number of carbonyl (C=O) groups excluding carboxylic acids is 2. The number of hydrogen-bond acceptors (Lipinski definition) is 5. The van der Waals surface area contributed by atoms with E-state index in [-0.39, 0.29) is 24.5 Å². The highest BCUT2D eigenvalue weighted by Gasteiger charge is 2.30. The lowest BCUT2D eigenvalue weighted by atomic mass is 10.0. The van der Waals surface area contributed by atoms with E-state index in [1.165, 1.54) is 13.3 Å². The zero-order valence-electron chi connectivity index (χ0n) is 15.9. The van der Waals surface area contributed by atoms with E-state index in [0.717, 1.165) is 19.3 Å². The quantitative estimate of drug-likeness (QED) is 0.828. The molecule has 0 radical (unpaired) electrons. The molecule has 28 heavy (non-hydrogen) atoms. The minimum atomic E-state index is -0.290. The van der Waals surface area contributed by atoms with Crippen molar-refractivity contribution in [3.05, 3.63) is 52.6 Å². The van der Waals surface area contributed by atoms with Crippen molar-refractivity contribution in [1.82, 2.24) is 14.9 Å². The van der Waals surface area contributed by atoms with Gasteiger partial charge < -0.3 is 15.0 Å². The lowest BCUT2D eigenvalue weighted by Gasteiger charge is -2.34. The molecule has 2 heterocycles. The van der Waals surface area contributed by atoms with Gasteiger partial charge in [0.05, 0.1) is 17.3 Å². The highest BCUT2D eigenvalue weighted by atomic mass is 35.5. The van der Waals surface area contributed by atoms with Gasteiger partial charge in [0.2, 0.25) is 5.91 Å². The Kier molecular flexibility index (Phi) is 6.59. The van der Waals surface area contributed by atoms with Crippen molar-refractivity contribution in [3.63, 3.8) is 0 Å². The summed E-state index contributed by atoms with van der Waals surface area (Å²) < 4.78 is 4.99. The minimum absolute atomic E-state index is 0.0388. The van der Waals surface area contributed by atoms with Gasteiger partial charge in [-0.25, -0.2) is 9.97 Å². The van der Waals surface area contributed by atoms with Crippen molar-refractivity contribution in [3.8, 4) is 0 Å². The lowest BCUT2D eigenvalue weighted by Crippen LogP contribution is -2.41. The second-order valence-corrected chi connectivity index (χ2v) is 7.16. The van der Waals surface area contributed by atoms with Gasteiger partial charge in [-0.15, -0.1) is 0 Å². The summed E-state index contributed by atoms with van der Waals surface area (Å²) in [4.78, 5) is 35.6. The fraction of sp³-hybridized carbons (Fsp3) is 0.400. The van der Waals surface area contributed by atoms with Gasteiger partial charge in [-0.1, -0.05) is 11.6 Å². The van der Waals surface area contributed by atoms with Crippen LogP contribution in [0.25, 0.3) is 0 Å². The van der Waals surface area contributed by atoms with Gasteiger partial charge in [0.1, 0.15) is 6.61 Å². The van der Waals surface area contributed by atoms with Gasteiger partial charge in [0, 0.05) is 30.6 Å². The number of nitrogens with one attached hydrogen (secondary N) is 1. The molecule has 0 spiro atoms. The number of methoxy groups -OCH3 is 1. The van der Waals surface area contributed by atoms with Crippen molar-refractivity contribution < 1.29 is 14.3 Å². The molecule has 1 aromatic carbocycles. The van der Waals surface area contributed by atoms with Crippen molar-refractivity contribution in [2.24, 2.45) is 0 Å². The van der Waals surface area contributed by atoms with Crippen LogP contribution in [-0.2, 0) is 9.53 Å². The summed E-state index contributed by atoms with van der Waals surface area (Å²) in [5.74, 6) is 0.199. The molecule has 2 aromatic rings. The second kappa shape index (κ2) is 9.12. The highest BCUT2D eigenvalue weighted by Crippen LogP contribution is 2.29. The van der Waals surface area contributed by atoms with Crippen LogP contribution in [0.3, 0.4) is 0 Å². The number of amides is 2. The Bertz CT molecular complexity index is 857. The molecule has 2 amide bonds. The zero-order valence-corrected chi connectivity index (χ0v) is 16.7. The number of halogens is 1. The van der Waals surface area contributed by atoms with E-state index in [9.17, 15) is 9.59 Å². The summed E-state index contributed by atoms with van der Waals surface area (Å²) in [6, 6.07) is 6.68. The summed E-state index contributed by atoms with van der Waals surface area (Å²) >= 11 is 5.87. The summed E-state index contributed by atoms with van der Waals surface area (Å²) in [6.45, 7) is 2.47. The van der Waals surface area contributed by atoms with Gasteiger partial charge in [-0.3, -0.25) is 9.59 Å². The summed E-state index contributed by atoms with van der Waals surface area (Å²) in [5.41, 5.74) is 1.60. The monoisotopic (exact) mass is 402 g/mol. The number of nitrogens with zero attached hydrogens (tertiary/aromatic N) is 3. The van der Waals surface area contributed by atoms with Crippen LogP contribution >= 0.6 is 11.6 Å². The molecule has 1 saturated heterocycles. The third kappa shape index (κ3) is 4.66.